The van der Waals surface area contributed by atoms with Gasteiger partial charge in [0, 0.05) is 30.2 Å². The van der Waals surface area contributed by atoms with Gasteiger partial charge in [0.25, 0.3) is 0 Å². The molecular weight excluding hydrogens is 418 g/mol. The molecule has 0 amide bonds. The first-order chi connectivity index (χ1) is 13.3. The van der Waals surface area contributed by atoms with Crippen LogP contribution in [0, 0.1) is 0 Å². The Morgan fingerprint density at radius 1 is 0.815 bits per heavy atom. The molecule has 0 N–H and O–H groups in total. The second kappa shape index (κ2) is 5.65. The molecule has 0 aliphatic carbocycles. The number of nitrogens with zero attached hydrogens (tertiary/aromatic N) is 1. The van der Waals surface area contributed by atoms with Crippen LogP contribution in [0.3, 0.4) is 0 Å². The summed E-state index contributed by atoms with van der Waals surface area (Å²) < 4.78 is 9.69. The van der Waals surface area contributed by atoms with Crippen molar-refractivity contribution in [2.75, 3.05) is 0 Å². The number of rotatable bonds is 1. The van der Waals surface area contributed by atoms with Crippen molar-refractivity contribution in [2.24, 2.45) is 0 Å². The Hall–Kier alpha value is -2.69. The summed E-state index contributed by atoms with van der Waals surface area (Å²) in [7, 11) is 0. The smallest absolute Gasteiger partial charge is 0.227 e. The number of hydrogen-bond donors (Lipinski definition) is 0. The molecule has 0 atom stereocenters. The van der Waals surface area contributed by atoms with Crippen molar-refractivity contribution in [3.8, 4) is 11.5 Å². The van der Waals surface area contributed by atoms with E-state index in [4.69, 9.17) is 9.40 Å². The van der Waals surface area contributed by atoms with Crippen LogP contribution in [0.1, 0.15) is 0 Å². The van der Waals surface area contributed by atoms with E-state index in [0.717, 1.165) is 21.1 Å². The second-order valence-corrected chi connectivity index (χ2v) is 8.58. The normalized spacial score (nSPS) is 11.9. The number of aromatic nitrogens is 1. The molecule has 0 fully saturated rings. The molecule has 2 nitrogen and oxygen atoms in total. The standard InChI is InChI=1S/C23H12BrNOS/c24-15-8-6-13-7-10-18-20(16(13)12-15)21-19(27-18)11-9-17-22(21)25-23(26-17)14-4-2-1-3-5-14/h1-12H. The van der Waals surface area contributed by atoms with Crippen molar-refractivity contribution in [3.05, 3.63) is 77.3 Å². The number of oxazole rings is 1. The zero-order valence-electron chi connectivity index (χ0n) is 14.1. The van der Waals surface area contributed by atoms with E-state index in [-0.39, 0.29) is 0 Å². The molecule has 4 heteroatoms. The predicted molar refractivity (Wildman–Crippen MR) is 118 cm³/mol. The van der Waals surface area contributed by atoms with Crippen molar-refractivity contribution >= 4 is 69.3 Å². The van der Waals surface area contributed by atoms with Gasteiger partial charge in [-0.3, -0.25) is 0 Å². The summed E-state index contributed by atoms with van der Waals surface area (Å²) in [5.41, 5.74) is 2.76. The lowest BCUT2D eigenvalue weighted by atomic mass is 10.0. The molecule has 4 aromatic carbocycles. The quantitative estimate of drug-likeness (QED) is 0.266. The van der Waals surface area contributed by atoms with Crippen LogP contribution < -0.4 is 0 Å². The van der Waals surface area contributed by atoms with Gasteiger partial charge in [0.05, 0.1) is 0 Å². The maximum absolute atomic E-state index is 6.10. The minimum Gasteiger partial charge on any atom is -0.436 e. The highest BCUT2D eigenvalue weighted by molar-refractivity contribution is 9.10. The minimum atomic E-state index is 0.666. The highest BCUT2D eigenvalue weighted by Crippen LogP contribution is 2.42. The first-order valence-corrected chi connectivity index (χ1v) is 10.3. The average Bonchev–Trinajstić information content (AvgIpc) is 3.29. The summed E-state index contributed by atoms with van der Waals surface area (Å²) in [4.78, 5) is 4.89. The molecule has 2 heterocycles. The fourth-order valence-corrected chi connectivity index (χ4v) is 5.22. The topological polar surface area (TPSA) is 26.0 Å². The Balaban J connectivity index is 1.79. The predicted octanol–water partition coefficient (Wildman–Crippen LogP) is 7.78. The number of hydrogen-bond acceptors (Lipinski definition) is 3. The number of thiophene rings is 1. The summed E-state index contributed by atoms with van der Waals surface area (Å²) in [6, 6.07) is 25.1. The molecule has 0 saturated heterocycles. The molecule has 6 rings (SSSR count). The lowest BCUT2D eigenvalue weighted by molar-refractivity contribution is 0.620. The third kappa shape index (κ3) is 2.27. The van der Waals surface area contributed by atoms with Gasteiger partial charge >= 0.3 is 0 Å². The maximum atomic E-state index is 6.10. The summed E-state index contributed by atoms with van der Waals surface area (Å²) in [6.07, 6.45) is 0. The fourth-order valence-electron chi connectivity index (χ4n) is 3.74. The number of benzene rings is 4. The van der Waals surface area contributed by atoms with E-state index in [1.807, 2.05) is 36.4 Å². The van der Waals surface area contributed by atoms with Gasteiger partial charge in [0.15, 0.2) is 5.58 Å². The van der Waals surface area contributed by atoms with Gasteiger partial charge in [0.1, 0.15) is 5.52 Å². The molecule has 0 saturated carbocycles. The third-order valence-electron chi connectivity index (χ3n) is 4.96. The van der Waals surface area contributed by atoms with E-state index in [1.165, 1.54) is 30.9 Å². The van der Waals surface area contributed by atoms with Gasteiger partial charge in [-0.2, -0.15) is 0 Å². The van der Waals surface area contributed by atoms with Crippen LogP contribution in [-0.2, 0) is 0 Å². The van der Waals surface area contributed by atoms with Gasteiger partial charge in [-0.25, -0.2) is 4.98 Å². The molecule has 6 aromatic rings. The van der Waals surface area contributed by atoms with E-state index < -0.39 is 0 Å². The van der Waals surface area contributed by atoms with E-state index in [2.05, 4.69) is 52.3 Å². The monoisotopic (exact) mass is 429 g/mol. The van der Waals surface area contributed by atoms with Crippen LogP contribution in [0.15, 0.2) is 81.7 Å². The molecule has 128 valence electrons. The lowest BCUT2D eigenvalue weighted by Crippen LogP contribution is -1.78. The summed E-state index contributed by atoms with van der Waals surface area (Å²) in [5, 5.41) is 4.91. The highest BCUT2D eigenvalue weighted by Gasteiger charge is 2.16. The van der Waals surface area contributed by atoms with Gasteiger partial charge in [0.2, 0.25) is 5.89 Å². The highest BCUT2D eigenvalue weighted by atomic mass is 79.9. The lowest BCUT2D eigenvalue weighted by Gasteiger charge is -2.01. The molecule has 0 aliphatic heterocycles. The van der Waals surface area contributed by atoms with E-state index in [9.17, 15) is 0 Å². The molecule has 0 bridgehead atoms. The van der Waals surface area contributed by atoms with Crippen molar-refractivity contribution < 1.29 is 4.42 Å². The second-order valence-electron chi connectivity index (χ2n) is 6.58. The first kappa shape index (κ1) is 15.4. The van der Waals surface area contributed by atoms with Crippen LogP contribution in [0.5, 0.6) is 0 Å². The van der Waals surface area contributed by atoms with Crippen LogP contribution in [0.25, 0.3) is 53.5 Å². The van der Waals surface area contributed by atoms with Crippen LogP contribution >= 0.6 is 27.3 Å². The maximum Gasteiger partial charge on any atom is 0.227 e. The van der Waals surface area contributed by atoms with Crippen molar-refractivity contribution in [1.29, 1.82) is 0 Å². The third-order valence-corrected chi connectivity index (χ3v) is 6.57. The van der Waals surface area contributed by atoms with Gasteiger partial charge < -0.3 is 4.42 Å². The molecule has 0 radical (unpaired) electrons. The molecule has 0 unspecified atom stereocenters. The Labute approximate surface area is 167 Å². The van der Waals surface area contributed by atoms with Gasteiger partial charge in [-0.05, 0) is 53.2 Å². The SMILES string of the molecule is Brc1ccc2ccc3sc4ccc5oc(-c6ccccc6)nc5c4c3c2c1. The number of halogens is 1. The molecular formula is C23H12BrNOS. The largest absolute Gasteiger partial charge is 0.436 e. The zero-order valence-corrected chi connectivity index (χ0v) is 16.5. The average molecular weight is 430 g/mol. The minimum absolute atomic E-state index is 0.666. The Kier molecular flexibility index (Phi) is 3.22. The fraction of sp³-hybridized carbons (Fsp3) is 0. The molecule has 0 aliphatic rings. The van der Waals surface area contributed by atoms with Crippen molar-refractivity contribution in [3.63, 3.8) is 0 Å². The van der Waals surface area contributed by atoms with E-state index in [0.29, 0.717) is 5.89 Å². The molecule has 2 aromatic heterocycles. The Morgan fingerprint density at radius 3 is 2.48 bits per heavy atom. The summed E-state index contributed by atoms with van der Waals surface area (Å²) >= 11 is 5.43. The zero-order chi connectivity index (χ0) is 18.0. The molecule has 0 spiro atoms. The van der Waals surface area contributed by atoms with Gasteiger partial charge in [-0.1, -0.05) is 46.3 Å². The Bertz CT molecular complexity index is 1480. The van der Waals surface area contributed by atoms with E-state index in [1.54, 1.807) is 11.3 Å². The van der Waals surface area contributed by atoms with E-state index >= 15 is 0 Å². The summed E-state index contributed by atoms with van der Waals surface area (Å²) in [5.74, 6) is 0.666. The van der Waals surface area contributed by atoms with Gasteiger partial charge in [-0.15, -0.1) is 11.3 Å². The summed E-state index contributed by atoms with van der Waals surface area (Å²) in [6.45, 7) is 0. The van der Waals surface area contributed by atoms with Crippen LogP contribution in [-0.4, -0.2) is 4.98 Å². The van der Waals surface area contributed by atoms with Crippen LogP contribution in [0.2, 0.25) is 0 Å². The van der Waals surface area contributed by atoms with Crippen LogP contribution in [0.4, 0.5) is 0 Å². The van der Waals surface area contributed by atoms with Crippen molar-refractivity contribution in [2.45, 2.75) is 0 Å². The van der Waals surface area contributed by atoms with Crippen molar-refractivity contribution in [1.82, 2.24) is 4.98 Å². The molecule has 27 heavy (non-hydrogen) atoms. The number of fused-ring (bicyclic) bond motifs is 7. The Morgan fingerprint density at radius 2 is 1.59 bits per heavy atom. The first-order valence-electron chi connectivity index (χ1n) is 8.67.